The Morgan fingerprint density at radius 1 is 0.964 bits per heavy atom. The van der Waals surface area contributed by atoms with Gasteiger partial charge in [-0.05, 0) is 62.2 Å². The molecule has 7 nitrogen and oxygen atoms in total. The van der Waals surface area contributed by atoms with Crippen molar-refractivity contribution in [2.75, 3.05) is 10.6 Å². The summed E-state index contributed by atoms with van der Waals surface area (Å²) in [5, 5.41) is 19.0. The van der Waals surface area contributed by atoms with E-state index in [0.29, 0.717) is 11.6 Å². The van der Waals surface area contributed by atoms with E-state index in [1.54, 1.807) is 4.68 Å². The predicted molar refractivity (Wildman–Crippen MR) is 109 cm³/mol. The van der Waals surface area contributed by atoms with Crippen LogP contribution in [0.25, 0.3) is 5.82 Å². The van der Waals surface area contributed by atoms with Crippen LogP contribution in [0.4, 0.5) is 17.2 Å². The fourth-order valence-corrected chi connectivity index (χ4v) is 3.45. The molecule has 0 atom stereocenters. The highest BCUT2D eigenvalue weighted by Crippen LogP contribution is 2.25. The van der Waals surface area contributed by atoms with Crippen LogP contribution < -0.4 is 10.6 Å². The van der Waals surface area contributed by atoms with Gasteiger partial charge in [0.15, 0.2) is 11.6 Å². The van der Waals surface area contributed by atoms with E-state index < -0.39 is 0 Å². The first-order valence-electron chi connectivity index (χ1n) is 9.72. The van der Waals surface area contributed by atoms with Crippen LogP contribution in [-0.2, 0) is 4.79 Å². The zero-order valence-corrected chi connectivity index (χ0v) is 15.9. The zero-order valence-electron chi connectivity index (χ0n) is 15.9. The van der Waals surface area contributed by atoms with Gasteiger partial charge in [-0.1, -0.05) is 19.3 Å². The second-order valence-electron chi connectivity index (χ2n) is 7.20. The van der Waals surface area contributed by atoms with E-state index in [4.69, 9.17) is 0 Å². The Bertz CT molecular complexity index is 926. The monoisotopic (exact) mass is 376 g/mol. The van der Waals surface area contributed by atoms with Gasteiger partial charge >= 0.3 is 0 Å². The fraction of sp³-hybridized carbons (Fsp3) is 0.333. The van der Waals surface area contributed by atoms with Crippen LogP contribution in [0.15, 0.2) is 48.7 Å². The summed E-state index contributed by atoms with van der Waals surface area (Å²) in [6.45, 7) is 1.93. The molecular formula is C21H24N6O. The van der Waals surface area contributed by atoms with E-state index in [-0.39, 0.29) is 11.8 Å². The van der Waals surface area contributed by atoms with Crippen LogP contribution in [0.3, 0.4) is 0 Å². The largest absolute Gasteiger partial charge is 0.339 e. The molecule has 0 unspecified atom stereocenters. The van der Waals surface area contributed by atoms with E-state index in [1.165, 1.54) is 6.42 Å². The highest BCUT2D eigenvalue weighted by molar-refractivity contribution is 5.92. The molecule has 28 heavy (non-hydrogen) atoms. The summed E-state index contributed by atoms with van der Waals surface area (Å²) >= 11 is 0. The summed E-state index contributed by atoms with van der Waals surface area (Å²) in [6, 6.07) is 13.3. The van der Waals surface area contributed by atoms with Crippen LogP contribution in [0.5, 0.6) is 0 Å². The molecule has 2 N–H and O–H groups in total. The van der Waals surface area contributed by atoms with Gasteiger partial charge in [0.2, 0.25) is 5.91 Å². The minimum Gasteiger partial charge on any atom is -0.339 e. The van der Waals surface area contributed by atoms with Gasteiger partial charge in [-0.2, -0.15) is 5.10 Å². The molecule has 3 aromatic rings. The van der Waals surface area contributed by atoms with Crippen molar-refractivity contribution < 1.29 is 4.79 Å². The lowest BCUT2D eigenvalue weighted by Gasteiger charge is -2.20. The van der Waals surface area contributed by atoms with Crippen molar-refractivity contribution in [3.05, 3.63) is 54.4 Å². The first kappa shape index (κ1) is 18.2. The smallest absolute Gasteiger partial charge is 0.227 e. The molecule has 2 heterocycles. The summed E-state index contributed by atoms with van der Waals surface area (Å²) in [4.78, 5) is 12.3. The standard InChI is InChI=1S/C21H24N6O/c1-15-13-14-27(26-15)20-12-11-19(24-25-20)22-17-7-9-18(10-8-17)23-21(28)16-5-3-2-4-6-16/h7-14,16H,2-6H2,1H3,(H,22,24)(H,23,28). The minimum absolute atomic E-state index is 0.135. The molecule has 2 aromatic heterocycles. The molecule has 7 heteroatoms. The lowest BCUT2D eigenvalue weighted by molar-refractivity contribution is -0.120. The maximum Gasteiger partial charge on any atom is 0.227 e. The molecule has 1 aliphatic rings. The third kappa shape index (κ3) is 4.36. The van der Waals surface area contributed by atoms with E-state index in [9.17, 15) is 4.79 Å². The summed E-state index contributed by atoms with van der Waals surface area (Å²) in [7, 11) is 0. The number of carbonyl (C=O) groups excluding carboxylic acids is 1. The molecule has 0 radical (unpaired) electrons. The van der Waals surface area contributed by atoms with Crippen LogP contribution in [0.2, 0.25) is 0 Å². The maximum absolute atomic E-state index is 12.3. The SMILES string of the molecule is Cc1ccn(-c2ccc(Nc3ccc(NC(=O)C4CCCCC4)cc3)nn2)n1. The van der Waals surface area contributed by atoms with Crippen LogP contribution in [-0.4, -0.2) is 25.9 Å². The number of carbonyl (C=O) groups is 1. The molecule has 4 rings (SSSR count). The molecule has 144 valence electrons. The van der Waals surface area contributed by atoms with Crippen molar-refractivity contribution in [2.45, 2.75) is 39.0 Å². The van der Waals surface area contributed by atoms with Gasteiger partial charge in [0.1, 0.15) is 0 Å². The molecule has 1 amide bonds. The Morgan fingerprint density at radius 2 is 1.71 bits per heavy atom. The molecule has 1 aliphatic carbocycles. The highest BCUT2D eigenvalue weighted by Gasteiger charge is 2.20. The number of nitrogens with zero attached hydrogens (tertiary/aromatic N) is 4. The Morgan fingerprint density at radius 3 is 2.36 bits per heavy atom. The lowest BCUT2D eigenvalue weighted by Crippen LogP contribution is -2.24. The maximum atomic E-state index is 12.3. The number of rotatable bonds is 5. The molecular weight excluding hydrogens is 352 g/mol. The van der Waals surface area contributed by atoms with Gasteiger partial charge in [0.25, 0.3) is 0 Å². The Kier molecular flexibility index (Phi) is 5.32. The quantitative estimate of drug-likeness (QED) is 0.696. The number of aromatic nitrogens is 4. The zero-order chi connectivity index (χ0) is 19.3. The first-order valence-corrected chi connectivity index (χ1v) is 9.72. The number of hydrogen-bond donors (Lipinski definition) is 2. The van der Waals surface area contributed by atoms with Crippen molar-refractivity contribution >= 4 is 23.1 Å². The number of hydrogen-bond acceptors (Lipinski definition) is 5. The third-order valence-electron chi connectivity index (χ3n) is 5.01. The normalized spacial score (nSPS) is 14.6. The van der Waals surface area contributed by atoms with Crippen LogP contribution >= 0.6 is 0 Å². The van der Waals surface area contributed by atoms with Crippen molar-refractivity contribution in [1.29, 1.82) is 0 Å². The first-order chi connectivity index (χ1) is 13.7. The number of benzene rings is 1. The highest BCUT2D eigenvalue weighted by atomic mass is 16.1. The second-order valence-corrected chi connectivity index (χ2v) is 7.20. The summed E-state index contributed by atoms with van der Waals surface area (Å²) in [5.74, 6) is 1.60. The van der Waals surface area contributed by atoms with E-state index in [1.807, 2.05) is 55.6 Å². The van der Waals surface area contributed by atoms with Gasteiger partial charge in [-0.15, -0.1) is 10.2 Å². The Labute approximate surface area is 164 Å². The second kappa shape index (κ2) is 8.21. The van der Waals surface area contributed by atoms with Crippen molar-refractivity contribution in [3.8, 4) is 5.82 Å². The Balaban J connectivity index is 1.35. The average Bonchev–Trinajstić information content (AvgIpc) is 3.17. The van der Waals surface area contributed by atoms with Gasteiger partial charge in [-0.25, -0.2) is 4.68 Å². The lowest BCUT2D eigenvalue weighted by atomic mass is 9.88. The molecule has 0 aliphatic heterocycles. The number of anilines is 3. The van der Waals surface area contributed by atoms with E-state index >= 15 is 0 Å². The van der Waals surface area contributed by atoms with Crippen molar-refractivity contribution in [2.24, 2.45) is 5.92 Å². The molecule has 1 fully saturated rings. The molecule has 1 saturated carbocycles. The summed E-state index contributed by atoms with van der Waals surface area (Å²) in [5.41, 5.74) is 2.63. The molecule has 0 saturated heterocycles. The van der Waals surface area contributed by atoms with Crippen LogP contribution in [0.1, 0.15) is 37.8 Å². The van der Waals surface area contributed by atoms with E-state index in [2.05, 4.69) is 25.9 Å². The molecule has 0 spiro atoms. The van der Waals surface area contributed by atoms with Gasteiger partial charge in [0, 0.05) is 23.5 Å². The van der Waals surface area contributed by atoms with Gasteiger partial charge < -0.3 is 10.6 Å². The van der Waals surface area contributed by atoms with Crippen molar-refractivity contribution in [1.82, 2.24) is 20.0 Å². The average molecular weight is 376 g/mol. The topological polar surface area (TPSA) is 84.7 Å². The van der Waals surface area contributed by atoms with Gasteiger partial charge in [0.05, 0.1) is 5.69 Å². The third-order valence-corrected chi connectivity index (χ3v) is 5.01. The van der Waals surface area contributed by atoms with Crippen molar-refractivity contribution in [3.63, 3.8) is 0 Å². The van der Waals surface area contributed by atoms with Gasteiger partial charge in [-0.3, -0.25) is 4.79 Å². The number of nitrogens with one attached hydrogen (secondary N) is 2. The number of aryl methyl sites for hydroxylation is 1. The molecule has 1 aromatic carbocycles. The fourth-order valence-electron chi connectivity index (χ4n) is 3.45. The minimum atomic E-state index is 0.135. The molecule has 0 bridgehead atoms. The summed E-state index contributed by atoms with van der Waals surface area (Å²) in [6.07, 6.45) is 7.40. The summed E-state index contributed by atoms with van der Waals surface area (Å²) < 4.78 is 1.69. The van der Waals surface area contributed by atoms with E-state index in [0.717, 1.165) is 42.8 Å². The number of amides is 1. The Hall–Kier alpha value is -3.22. The predicted octanol–water partition coefficient (Wildman–Crippen LogP) is 4.23. The van der Waals surface area contributed by atoms with Crippen LogP contribution in [0, 0.1) is 12.8 Å².